The third-order valence-corrected chi connectivity index (χ3v) is 8.50. The highest BCUT2D eigenvalue weighted by Crippen LogP contribution is 2.45. The molecule has 1 heterocycles. The molecule has 0 amide bonds. The van der Waals surface area contributed by atoms with Gasteiger partial charge < -0.3 is 19.9 Å². The van der Waals surface area contributed by atoms with Gasteiger partial charge in [-0.15, -0.1) is 11.8 Å². The lowest BCUT2D eigenvalue weighted by atomic mass is 9.71. The normalized spacial score (nSPS) is 19.7. The van der Waals surface area contributed by atoms with Gasteiger partial charge in [0, 0.05) is 29.0 Å². The van der Waals surface area contributed by atoms with Crippen LogP contribution in [0.3, 0.4) is 0 Å². The SMILES string of the molecule is COc1cc(C(=O)O)c(F)cc1NSC1=CSC(c2cc(F)c(C3CCC(C)(C)CC3)cc2F)N1. The van der Waals surface area contributed by atoms with Crippen LogP contribution in [0.4, 0.5) is 18.9 Å². The predicted octanol–water partition coefficient (Wildman–Crippen LogP) is 7.39. The Kier molecular flexibility index (Phi) is 7.51. The van der Waals surface area contributed by atoms with E-state index in [-0.39, 0.29) is 34.2 Å². The standard InChI is InChI=1S/C25H27F3N2O3S2/c1-25(2)6-4-13(5-7-25)14-8-18(27)15(9-17(14)26)23-29-22(12-34-23)35-30-20-11-19(28)16(24(31)32)10-21(20)33-3/h8-13,23,29-30H,4-7H2,1-3H3,(H,31,32). The molecule has 4 rings (SSSR count). The highest BCUT2D eigenvalue weighted by Gasteiger charge is 2.31. The van der Waals surface area contributed by atoms with Crippen molar-refractivity contribution in [3.8, 4) is 5.75 Å². The van der Waals surface area contributed by atoms with Crippen LogP contribution >= 0.6 is 23.7 Å². The molecule has 0 bridgehead atoms. The number of halogens is 3. The number of methoxy groups -OCH3 is 1. The quantitative estimate of drug-likeness (QED) is 0.326. The molecule has 3 N–H and O–H groups in total. The number of benzene rings is 2. The van der Waals surface area contributed by atoms with Crippen LogP contribution in [0.15, 0.2) is 34.7 Å². The summed E-state index contributed by atoms with van der Waals surface area (Å²) in [5.74, 6) is -2.93. The minimum atomic E-state index is -1.40. The largest absolute Gasteiger partial charge is 0.495 e. The topological polar surface area (TPSA) is 70.6 Å². The summed E-state index contributed by atoms with van der Waals surface area (Å²) in [5.41, 5.74) is 0.677. The van der Waals surface area contributed by atoms with Crippen LogP contribution in [0.25, 0.3) is 0 Å². The Bertz CT molecular complexity index is 1160. The maximum atomic E-state index is 15.0. The van der Waals surface area contributed by atoms with Crippen LogP contribution in [-0.2, 0) is 0 Å². The smallest absolute Gasteiger partial charge is 0.338 e. The monoisotopic (exact) mass is 524 g/mol. The Morgan fingerprint density at radius 3 is 2.43 bits per heavy atom. The second-order valence-corrected chi connectivity index (χ2v) is 11.3. The van der Waals surface area contributed by atoms with Crippen molar-refractivity contribution in [1.82, 2.24) is 5.32 Å². The number of thioether (sulfide) groups is 1. The number of hydrogen-bond donors (Lipinski definition) is 3. The first-order valence-corrected chi connectivity index (χ1v) is 13.0. The molecule has 0 saturated heterocycles. The van der Waals surface area contributed by atoms with Crippen LogP contribution in [0.1, 0.15) is 72.3 Å². The first kappa shape index (κ1) is 25.6. The minimum Gasteiger partial charge on any atom is -0.495 e. The van der Waals surface area contributed by atoms with Gasteiger partial charge in [-0.25, -0.2) is 18.0 Å². The maximum absolute atomic E-state index is 15.0. The number of ether oxygens (including phenoxy) is 1. The van der Waals surface area contributed by atoms with E-state index in [2.05, 4.69) is 23.9 Å². The summed E-state index contributed by atoms with van der Waals surface area (Å²) < 4.78 is 52.2. The Labute approximate surface area is 211 Å². The fraction of sp³-hybridized carbons (Fsp3) is 0.400. The molecule has 2 aromatic carbocycles. The van der Waals surface area contributed by atoms with Gasteiger partial charge in [0.2, 0.25) is 0 Å². The number of carboxylic acids is 1. The lowest BCUT2D eigenvalue weighted by molar-refractivity contribution is 0.0691. The van der Waals surface area contributed by atoms with Crippen molar-refractivity contribution in [1.29, 1.82) is 0 Å². The first-order chi connectivity index (χ1) is 16.6. The molecule has 2 aliphatic rings. The molecule has 1 unspecified atom stereocenters. The van der Waals surface area contributed by atoms with Crippen LogP contribution < -0.4 is 14.8 Å². The van der Waals surface area contributed by atoms with Gasteiger partial charge in [0.25, 0.3) is 0 Å². The van der Waals surface area contributed by atoms with E-state index in [1.165, 1.54) is 31.0 Å². The van der Waals surface area contributed by atoms with Crippen molar-refractivity contribution < 1.29 is 27.8 Å². The zero-order valence-electron chi connectivity index (χ0n) is 19.6. The van der Waals surface area contributed by atoms with Crippen molar-refractivity contribution in [2.24, 2.45) is 5.41 Å². The number of hydrogen-bond acceptors (Lipinski definition) is 6. The van der Waals surface area contributed by atoms with E-state index in [0.717, 1.165) is 49.8 Å². The average Bonchev–Trinajstić information content (AvgIpc) is 3.27. The average molecular weight is 525 g/mol. The molecule has 1 atom stereocenters. The van der Waals surface area contributed by atoms with Gasteiger partial charge >= 0.3 is 5.97 Å². The lowest BCUT2D eigenvalue weighted by Gasteiger charge is -2.34. The number of nitrogens with one attached hydrogen (secondary N) is 2. The Morgan fingerprint density at radius 2 is 1.77 bits per heavy atom. The summed E-state index contributed by atoms with van der Waals surface area (Å²) in [5, 5.41) is 14.1. The zero-order chi connectivity index (χ0) is 25.3. The summed E-state index contributed by atoms with van der Waals surface area (Å²) in [7, 11) is 1.35. The van der Waals surface area contributed by atoms with Crippen LogP contribution in [0.2, 0.25) is 0 Å². The Balaban J connectivity index is 1.41. The molecule has 2 aromatic rings. The minimum absolute atomic E-state index is 0.0344. The maximum Gasteiger partial charge on any atom is 0.338 e. The molecule has 188 valence electrons. The van der Waals surface area contributed by atoms with Crippen molar-refractivity contribution in [3.05, 3.63) is 68.8 Å². The number of anilines is 1. The van der Waals surface area contributed by atoms with E-state index in [0.29, 0.717) is 10.6 Å². The predicted molar refractivity (Wildman–Crippen MR) is 134 cm³/mol. The lowest BCUT2D eigenvalue weighted by Crippen LogP contribution is -2.21. The fourth-order valence-corrected chi connectivity index (χ4v) is 6.25. The number of aromatic carboxylic acids is 1. The molecule has 1 fully saturated rings. The van der Waals surface area contributed by atoms with Crippen molar-refractivity contribution >= 4 is 35.4 Å². The van der Waals surface area contributed by atoms with E-state index in [4.69, 9.17) is 9.84 Å². The summed E-state index contributed by atoms with van der Waals surface area (Å²) >= 11 is 2.39. The second-order valence-electron chi connectivity index (χ2n) is 9.52. The van der Waals surface area contributed by atoms with E-state index in [1.807, 2.05) is 0 Å². The molecular weight excluding hydrogens is 497 g/mol. The van der Waals surface area contributed by atoms with Gasteiger partial charge in [0.1, 0.15) is 28.6 Å². The fourth-order valence-electron chi connectivity index (χ4n) is 4.41. The molecule has 1 aliphatic carbocycles. The molecule has 0 spiro atoms. The molecule has 5 nitrogen and oxygen atoms in total. The molecule has 0 aromatic heterocycles. The highest BCUT2D eigenvalue weighted by atomic mass is 32.2. The molecule has 10 heteroatoms. The van der Waals surface area contributed by atoms with Crippen LogP contribution in [0, 0.1) is 22.9 Å². The summed E-state index contributed by atoms with van der Waals surface area (Å²) in [4.78, 5) is 11.1. The van der Waals surface area contributed by atoms with Gasteiger partial charge in [-0.1, -0.05) is 13.8 Å². The third kappa shape index (κ3) is 5.69. The second kappa shape index (κ2) is 10.3. The van der Waals surface area contributed by atoms with E-state index in [9.17, 15) is 9.18 Å². The Hall–Kier alpha value is -2.46. The summed E-state index contributed by atoms with van der Waals surface area (Å²) in [6, 6.07) is 4.76. The number of carboxylic acid groups (broad SMARTS) is 1. The highest BCUT2D eigenvalue weighted by molar-refractivity contribution is 8.07. The van der Waals surface area contributed by atoms with Gasteiger partial charge in [0.05, 0.1) is 23.4 Å². The summed E-state index contributed by atoms with van der Waals surface area (Å²) in [6.45, 7) is 4.42. The van der Waals surface area contributed by atoms with Crippen molar-refractivity contribution in [3.63, 3.8) is 0 Å². The third-order valence-electron chi connectivity index (χ3n) is 6.55. The molecule has 1 saturated carbocycles. The molecular formula is C25H27F3N2O3S2. The molecule has 35 heavy (non-hydrogen) atoms. The molecule has 0 radical (unpaired) electrons. The van der Waals surface area contributed by atoms with Gasteiger partial charge in [-0.2, -0.15) is 0 Å². The van der Waals surface area contributed by atoms with Gasteiger partial charge in [-0.3, -0.25) is 0 Å². The van der Waals surface area contributed by atoms with Crippen molar-refractivity contribution in [2.75, 3.05) is 11.8 Å². The summed E-state index contributed by atoms with van der Waals surface area (Å²) in [6.07, 6.45) is 3.69. The van der Waals surface area contributed by atoms with Crippen LogP contribution in [0.5, 0.6) is 5.75 Å². The van der Waals surface area contributed by atoms with E-state index >= 15 is 8.78 Å². The van der Waals surface area contributed by atoms with E-state index in [1.54, 1.807) is 5.41 Å². The first-order valence-electron chi connectivity index (χ1n) is 11.2. The van der Waals surface area contributed by atoms with E-state index < -0.39 is 28.5 Å². The van der Waals surface area contributed by atoms with Crippen LogP contribution in [-0.4, -0.2) is 18.2 Å². The Morgan fingerprint density at radius 1 is 1.11 bits per heavy atom. The van der Waals surface area contributed by atoms with Gasteiger partial charge in [-0.05, 0) is 60.8 Å². The molecule has 1 aliphatic heterocycles. The van der Waals surface area contributed by atoms with Crippen molar-refractivity contribution in [2.45, 2.75) is 50.8 Å². The van der Waals surface area contributed by atoms with Gasteiger partial charge in [0.15, 0.2) is 0 Å². The number of carbonyl (C=O) groups is 1. The zero-order valence-corrected chi connectivity index (χ0v) is 21.2. The number of rotatable bonds is 7.